The summed E-state index contributed by atoms with van der Waals surface area (Å²) in [4.78, 5) is 23.4. The molecule has 1 fully saturated rings. The summed E-state index contributed by atoms with van der Waals surface area (Å²) in [5.74, 6) is -0.450. The highest BCUT2D eigenvalue weighted by Gasteiger charge is 2.49. The van der Waals surface area contributed by atoms with Crippen LogP contribution in [0.2, 0.25) is 0 Å². The summed E-state index contributed by atoms with van der Waals surface area (Å²) < 4.78 is 10.3. The molecule has 0 aromatic heterocycles. The van der Waals surface area contributed by atoms with Crippen LogP contribution in [0.5, 0.6) is 0 Å². The van der Waals surface area contributed by atoms with Crippen LogP contribution in [0.4, 0.5) is 0 Å². The third kappa shape index (κ3) is 2.91. The quantitative estimate of drug-likeness (QED) is 0.328. The smallest absolute Gasteiger partial charge is 0.292 e. The summed E-state index contributed by atoms with van der Waals surface area (Å²) in [6.07, 6.45) is 1.41. The van der Waals surface area contributed by atoms with E-state index < -0.39 is 48.8 Å². The van der Waals surface area contributed by atoms with Crippen molar-refractivity contribution < 1.29 is 34.4 Å². The summed E-state index contributed by atoms with van der Waals surface area (Å²) >= 11 is 0. The van der Waals surface area contributed by atoms with Gasteiger partial charge in [0.1, 0.15) is 31.0 Å². The van der Waals surface area contributed by atoms with Gasteiger partial charge in [0.25, 0.3) is 5.91 Å². The number of aliphatic hydroxyl groups is 3. The molecular weight excluding hydrogens is 282 g/mol. The van der Waals surface area contributed by atoms with Gasteiger partial charge in [0, 0.05) is 0 Å². The third-order valence-corrected chi connectivity index (χ3v) is 3.34. The van der Waals surface area contributed by atoms with Crippen LogP contribution < -0.4 is 5.32 Å². The van der Waals surface area contributed by atoms with Gasteiger partial charge in [0.2, 0.25) is 5.91 Å². The lowest BCUT2D eigenvalue weighted by molar-refractivity contribution is -0.138. The SMILES string of the molecule is C#CCOC1=CC(C2OC(CO)C(O)[C@@H]2O)C(=O)NC1=O. The molecule has 0 aromatic rings. The summed E-state index contributed by atoms with van der Waals surface area (Å²) in [7, 11) is 0. The number of amides is 2. The zero-order chi connectivity index (χ0) is 15.6. The molecule has 0 aliphatic carbocycles. The van der Waals surface area contributed by atoms with E-state index in [2.05, 4.69) is 11.2 Å². The zero-order valence-corrected chi connectivity index (χ0v) is 10.9. The number of aliphatic hydroxyl groups excluding tert-OH is 3. The van der Waals surface area contributed by atoms with E-state index in [9.17, 15) is 19.8 Å². The number of imide groups is 1. The molecule has 1 saturated heterocycles. The summed E-state index contributed by atoms with van der Waals surface area (Å²) in [5, 5.41) is 30.7. The van der Waals surface area contributed by atoms with E-state index in [1.165, 1.54) is 6.08 Å². The molecule has 8 nitrogen and oxygen atoms in total. The molecule has 2 amide bonds. The van der Waals surface area contributed by atoms with E-state index in [1.54, 1.807) is 0 Å². The molecule has 5 atom stereocenters. The Labute approximate surface area is 120 Å². The van der Waals surface area contributed by atoms with Crippen LogP contribution in [0, 0.1) is 18.3 Å². The second-order valence-corrected chi connectivity index (χ2v) is 4.67. The molecule has 4 unspecified atom stereocenters. The van der Waals surface area contributed by atoms with E-state index in [4.69, 9.17) is 21.0 Å². The molecule has 2 rings (SSSR count). The Morgan fingerprint density at radius 1 is 1.38 bits per heavy atom. The highest BCUT2D eigenvalue weighted by Crippen LogP contribution is 2.29. The van der Waals surface area contributed by atoms with Gasteiger partial charge in [-0.15, -0.1) is 6.42 Å². The molecule has 2 aliphatic rings. The van der Waals surface area contributed by atoms with Gasteiger partial charge in [0.15, 0.2) is 5.76 Å². The van der Waals surface area contributed by atoms with Crippen molar-refractivity contribution in [3.63, 3.8) is 0 Å². The van der Waals surface area contributed by atoms with E-state index in [-0.39, 0.29) is 12.4 Å². The Balaban J connectivity index is 2.21. The van der Waals surface area contributed by atoms with Crippen LogP contribution in [0.1, 0.15) is 0 Å². The van der Waals surface area contributed by atoms with E-state index in [0.717, 1.165) is 0 Å². The third-order valence-electron chi connectivity index (χ3n) is 3.34. The lowest BCUT2D eigenvalue weighted by atomic mass is 9.92. The fourth-order valence-corrected chi connectivity index (χ4v) is 2.27. The summed E-state index contributed by atoms with van der Waals surface area (Å²) in [6, 6.07) is 0. The van der Waals surface area contributed by atoms with Crippen molar-refractivity contribution in [1.29, 1.82) is 0 Å². The van der Waals surface area contributed by atoms with Crippen molar-refractivity contribution >= 4 is 11.8 Å². The normalized spacial score (nSPS) is 35.9. The number of nitrogens with one attached hydrogen (secondary N) is 1. The lowest BCUT2D eigenvalue weighted by Gasteiger charge is -2.26. The Kier molecular flexibility index (Phi) is 4.59. The van der Waals surface area contributed by atoms with Crippen LogP contribution >= 0.6 is 0 Å². The fraction of sp³-hybridized carbons (Fsp3) is 0.538. The van der Waals surface area contributed by atoms with Crippen LogP contribution in [0.15, 0.2) is 11.8 Å². The molecule has 0 spiro atoms. The number of hydrogen-bond acceptors (Lipinski definition) is 7. The first-order chi connectivity index (χ1) is 9.99. The summed E-state index contributed by atoms with van der Waals surface area (Å²) in [5.41, 5.74) is 0. The van der Waals surface area contributed by atoms with Crippen LogP contribution in [-0.4, -0.2) is 64.8 Å². The molecular formula is C13H15NO7. The molecule has 114 valence electrons. The maximum absolute atomic E-state index is 11.9. The average Bonchev–Trinajstić information content (AvgIpc) is 2.74. The van der Waals surface area contributed by atoms with Crippen LogP contribution in [0.25, 0.3) is 0 Å². The topological polar surface area (TPSA) is 125 Å². The van der Waals surface area contributed by atoms with Gasteiger partial charge in [-0.1, -0.05) is 5.92 Å². The Morgan fingerprint density at radius 3 is 2.67 bits per heavy atom. The number of carbonyl (C=O) groups is 2. The van der Waals surface area contributed by atoms with E-state index in [1.807, 2.05) is 0 Å². The maximum Gasteiger partial charge on any atom is 0.292 e. The minimum Gasteiger partial charge on any atom is -0.475 e. The second-order valence-electron chi connectivity index (χ2n) is 4.67. The predicted molar refractivity (Wildman–Crippen MR) is 67.3 cm³/mol. The number of terminal acetylenes is 1. The predicted octanol–water partition coefficient (Wildman–Crippen LogP) is -2.73. The molecule has 21 heavy (non-hydrogen) atoms. The Bertz CT molecular complexity index is 509. The number of ether oxygens (including phenoxy) is 2. The van der Waals surface area contributed by atoms with Crippen LogP contribution in [-0.2, 0) is 19.1 Å². The van der Waals surface area contributed by atoms with Crippen molar-refractivity contribution in [1.82, 2.24) is 5.32 Å². The van der Waals surface area contributed by atoms with Gasteiger partial charge in [-0.05, 0) is 6.08 Å². The average molecular weight is 297 g/mol. The second kappa shape index (κ2) is 6.24. The summed E-state index contributed by atoms with van der Waals surface area (Å²) in [6.45, 7) is -0.664. The van der Waals surface area contributed by atoms with Gasteiger partial charge < -0.3 is 24.8 Å². The minimum atomic E-state index is -1.38. The number of rotatable bonds is 4. The molecule has 0 aromatic carbocycles. The van der Waals surface area contributed by atoms with Gasteiger partial charge in [-0.3, -0.25) is 14.9 Å². The first-order valence-electron chi connectivity index (χ1n) is 6.25. The number of carbonyl (C=O) groups excluding carboxylic acids is 2. The molecule has 0 saturated carbocycles. The van der Waals surface area contributed by atoms with E-state index in [0.29, 0.717) is 0 Å². The zero-order valence-electron chi connectivity index (χ0n) is 10.9. The van der Waals surface area contributed by atoms with Crippen molar-refractivity contribution in [2.75, 3.05) is 13.2 Å². The van der Waals surface area contributed by atoms with Gasteiger partial charge >= 0.3 is 0 Å². The van der Waals surface area contributed by atoms with Crippen LogP contribution in [0.3, 0.4) is 0 Å². The standard InChI is InChI=1S/C13H15NO7/c1-2-3-20-7-4-6(12(18)14-13(7)19)11-10(17)9(16)8(5-15)21-11/h1,4,6,8-11,15-17H,3,5H2,(H,14,18,19)/t6?,8?,9?,10-,11?/m0/s1. The van der Waals surface area contributed by atoms with Gasteiger partial charge in [-0.25, -0.2) is 0 Å². The first kappa shape index (κ1) is 15.5. The van der Waals surface area contributed by atoms with Crippen molar-refractivity contribution in [2.24, 2.45) is 5.92 Å². The van der Waals surface area contributed by atoms with Gasteiger partial charge in [0.05, 0.1) is 12.5 Å². The lowest BCUT2D eigenvalue weighted by Crippen LogP contribution is -2.48. The van der Waals surface area contributed by atoms with Crippen molar-refractivity contribution in [3.05, 3.63) is 11.8 Å². The van der Waals surface area contributed by atoms with E-state index >= 15 is 0 Å². The Morgan fingerprint density at radius 2 is 2.10 bits per heavy atom. The highest BCUT2D eigenvalue weighted by atomic mass is 16.6. The minimum absolute atomic E-state index is 0.157. The maximum atomic E-state index is 11.9. The number of hydrogen-bond donors (Lipinski definition) is 4. The van der Waals surface area contributed by atoms with Crippen molar-refractivity contribution in [2.45, 2.75) is 24.4 Å². The molecule has 4 N–H and O–H groups in total. The largest absolute Gasteiger partial charge is 0.475 e. The molecule has 8 heteroatoms. The first-order valence-corrected chi connectivity index (χ1v) is 6.25. The molecule has 2 heterocycles. The fourth-order valence-electron chi connectivity index (χ4n) is 2.27. The van der Waals surface area contributed by atoms with Crippen molar-refractivity contribution in [3.8, 4) is 12.3 Å². The van der Waals surface area contributed by atoms with Gasteiger partial charge in [-0.2, -0.15) is 0 Å². The monoisotopic (exact) mass is 297 g/mol. The molecule has 2 aliphatic heterocycles. The highest BCUT2D eigenvalue weighted by molar-refractivity contribution is 6.07. The Hall–Kier alpha value is -1.92. The molecule has 0 bridgehead atoms. The molecule has 0 radical (unpaired) electrons.